The van der Waals surface area contributed by atoms with Crippen LogP contribution >= 0.6 is 11.8 Å². The van der Waals surface area contributed by atoms with Gasteiger partial charge in [0.15, 0.2) is 0 Å². The molecule has 2 aromatic rings. The molecular weight excluding hydrogens is 290 g/mol. The van der Waals surface area contributed by atoms with Gasteiger partial charge in [-0.2, -0.15) is 5.26 Å². The highest BCUT2D eigenvalue weighted by atomic mass is 32.2. The number of thioether (sulfide) groups is 1. The molecule has 0 aliphatic carbocycles. The second-order valence-electron chi connectivity index (χ2n) is 4.80. The summed E-state index contributed by atoms with van der Waals surface area (Å²) < 4.78 is 27.2. The molecule has 0 radical (unpaired) electrons. The van der Waals surface area contributed by atoms with E-state index in [2.05, 4.69) is 5.32 Å². The largest absolute Gasteiger partial charge is 0.378 e. The van der Waals surface area contributed by atoms with Gasteiger partial charge in [0, 0.05) is 16.3 Å². The molecule has 5 heteroatoms. The lowest BCUT2D eigenvalue weighted by molar-refractivity contribution is 0.585. The van der Waals surface area contributed by atoms with Crippen molar-refractivity contribution in [3.8, 4) is 6.07 Å². The van der Waals surface area contributed by atoms with Crippen LogP contribution in [0, 0.1) is 23.0 Å². The second kappa shape index (κ2) is 5.74. The minimum atomic E-state index is -0.534. The van der Waals surface area contributed by atoms with Crippen LogP contribution in [0.4, 0.5) is 14.5 Å². The first-order valence-corrected chi connectivity index (χ1v) is 7.55. The van der Waals surface area contributed by atoms with E-state index < -0.39 is 5.82 Å². The maximum Gasteiger partial charge on any atom is 0.141 e. The summed E-state index contributed by atoms with van der Waals surface area (Å²) in [5.74, 6) is 0.0762. The fourth-order valence-electron chi connectivity index (χ4n) is 2.44. The molecule has 0 spiro atoms. The van der Waals surface area contributed by atoms with Gasteiger partial charge in [-0.1, -0.05) is 12.1 Å². The summed E-state index contributed by atoms with van der Waals surface area (Å²) >= 11 is 1.51. The van der Waals surface area contributed by atoms with Crippen molar-refractivity contribution in [2.75, 3.05) is 11.1 Å². The normalized spacial score (nSPS) is 16.9. The van der Waals surface area contributed by atoms with E-state index in [-0.39, 0.29) is 17.4 Å². The lowest BCUT2D eigenvalue weighted by Gasteiger charge is -2.27. The number of halogens is 2. The van der Waals surface area contributed by atoms with Gasteiger partial charge in [-0.3, -0.25) is 0 Å². The predicted octanol–water partition coefficient (Wildman–Crippen LogP) is 4.49. The van der Waals surface area contributed by atoms with E-state index in [1.54, 1.807) is 12.1 Å². The van der Waals surface area contributed by atoms with Crippen LogP contribution in [0.25, 0.3) is 0 Å². The van der Waals surface area contributed by atoms with Gasteiger partial charge in [0.1, 0.15) is 17.7 Å². The third-order valence-corrected chi connectivity index (χ3v) is 4.61. The molecule has 1 aliphatic rings. The molecule has 1 unspecified atom stereocenters. The van der Waals surface area contributed by atoms with Gasteiger partial charge in [-0.25, -0.2) is 8.78 Å². The summed E-state index contributed by atoms with van der Waals surface area (Å²) in [4.78, 5) is 0.670. The highest BCUT2D eigenvalue weighted by Crippen LogP contribution is 2.39. The first kappa shape index (κ1) is 13.9. The highest BCUT2D eigenvalue weighted by molar-refractivity contribution is 7.99. The summed E-state index contributed by atoms with van der Waals surface area (Å²) in [6.07, 6.45) is 0.848. The Labute approximate surface area is 125 Å². The maximum atomic E-state index is 13.8. The Morgan fingerprint density at radius 1 is 1.19 bits per heavy atom. The molecule has 2 nitrogen and oxygen atoms in total. The van der Waals surface area contributed by atoms with E-state index in [1.165, 1.54) is 30.0 Å². The number of nitrogens with zero attached hydrogens (tertiary/aromatic N) is 1. The number of nitrogens with one attached hydrogen (secondary N) is 1. The van der Waals surface area contributed by atoms with Crippen molar-refractivity contribution in [3.05, 3.63) is 59.2 Å². The summed E-state index contributed by atoms with van der Waals surface area (Å²) in [5.41, 5.74) is 1.58. The second-order valence-corrected chi connectivity index (χ2v) is 5.90. The van der Waals surface area contributed by atoms with E-state index in [4.69, 9.17) is 5.26 Å². The molecule has 21 heavy (non-hydrogen) atoms. The molecule has 1 heterocycles. The number of hydrogen-bond donors (Lipinski definition) is 1. The Bertz CT molecular complexity index is 725. The van der Waals surface area contributed by atoms with Crippen molar-refractivity contribution < 1.29 is 8.78 Å². The molecular formula is C16H12F2N2S. The average Bonchev–Trinajstić information content (AvgIpc) is 2.50. The van der Waals surface area contributed by atoms with Gasteiger partial charge >= 0.3 is 0 Å². The van der Waals surface area contributed by atoms with Crippen molar-refractivity contribution >= 4 is 17.4 Å². The number of rotatable bonds is 2. The predicted molar refractivity (Wildman–Crippen MR) is 79.2 cm³/mol. The molecule has 0 amide bonds. The van der Waals surface area contributed by atoms with E-state index in [0.29, 0.717) is 10.6 Å². The molecule has 0 saturated carbocycles. The Morgan fingerprint density at radius 2 is 2.05 bits per heavy atom. The third-order valence-electron chi connectivity index (χ3n) is 3.45. The SMILES string of the molecule is N#Cc1cc(NC2CCSc3c(F)cccc32)ccc1F. The zero-order chi connectivity index (χ0) is 14.8. The molecule has 1 atom stereocenters. The van der Waals surface area contributed by atoms with Crippen molar-refractivity contribution in [2.24, 2.45) is 0 Å². The number of fused-ring (bicyclic) bond motifs is 1. The molecule has 0 aromatic heterocycles. The van der Waals surface area contributed by atoms with Crippen LogP contribution < -0.4 is 5.32 Å². The van der Waals surface area contributed by atoms with Crippen LogP contribution in [0.15, 0.2) is 41.3 Å². The fraction of sp³-hybridized carbons (Fsp3) is 0.188. The quantitative estimate of drug-likeness (QED) is 0.888. The Morgan fingerprint density at radius 3 is 2.86 bits per heavy atom. The average molecular weight is 302 g/mol. The topological polar surface area (TPSA) is 35.8 Å². The van der Waals surface area contributed by atoms with Gasteiger partial charge in [0.05, 0.1) is 11.6 Å². The zero-order valence-corrected chi connectivity index (χ0v) is 11.9. The van der Waals surface area contributed by atoms with Crippen molar-refractivity contribution in [2.45, 2.75) is 17.4 Å². The van der Waals surface area contributed by atoms with E-state index in [9.17, 15) is 8.78 Å². The number of hydrogen-bond acceptors (Lipinski definition) is 3. The zero-order valence-electron chi connectivity index (χ0n) is 11.1. The van der Waals surface area contributed by atoms with Crippen molar-refractivity contribution in [1.82, 2.24) is 0 Å². The number of anilines is 1. The molecule has 0 bridgehead atoms. The minimum absolute atomic E-state index is 0.00431. The summed E-state index contributed by atoms with van der Waals surface area (Å²) in [5, 5.41) is 12.1. The van der Waals surface area contributed by atoms with Crippen LogP contribution in [0.3, 0.4) is 0 Å². The van der Waals surface area contributed by atoms with Gasteiger partial charge in [-0.05, 0) is 36.2 Å². The van der Waals surface area contributed by atoms with Crippen LogP contribution in [-0.2, 0) is 0 Å². The number of benzene rings is 2. The Hall–Kier alpha value is -2.06. The molecule has 1 aliphatic heterocycles. The summed E-state index contributed by atoms with van der Waals surface area (Å²) in [7, 11) is 0. The van der Waals surface area contributed by atoms with Crippen LogP contribution in [0.2, 0.25) is 0 Å². The minimum Gasteiger partial charge on any atom is -0.378 e. The van der Waals surface area contributed by atoms with Crippen molar-refractivity contribution in [3.63, 3.8) is 0 Å². The molecule has 0 fully saturated rings. The summed E-state index contributed by atoms with van der Waals surface area (Å²) in [6, 6.07) is 11.2. The number of nitriles is 1. The Balaban J connectivity index is 1.91. The molecule has 2 aromatic carbocycles. The first-order chi connectivity index (χ1) is 10.2. The first-order valence-electron chi connectivity index (χ1n) is 6.56. The lowest BCUT2D eigenvalue weighted by atomic mass is 10.0. The van der Waals surface area contributed by atoms with Crippen molar-refractivity contribution in [1.29, 1.82) is 5.26 Å². The van der Waals surface area contributed by atoms with Crippen LogP contribution in [0.1, 0.15) is 23.6 Å². The van der Waals surface area contributed by atoms with E-state index in [0.717, 1.165) is 17.7 Å². The molecule has 0 saturated heterocycles. The highest BCUT2D eigenvalue weighted by Gasteiger charge is 2.23. The summed E-state index contributed by atoms with van der Waals surface area (Å²) in [6.45, 7) is 0. The van der Waals surface area contributed by atoms with E-state index >= 15 is 0 Å². The standard InChI is InChI=1S/C16H12F2N2S/c17-13-5-4-11(8-10(13)9-19)20-15-6-7-21-16-12(15)2-1-3-14(16)18/h1-5,8,15,20H,6-7H2. The fourth-order valence-corrected chi connectivity index (χ4v) is 3.58. The van der Waals surface area contributed by atoms with E-state index in [1.807, 2.05) is 12.1 Å². The molecule has 1 N–H and O–H groups in total. The molecule has 106 valence electrons. The molecule has 3 rings (SSSR count). The van der Waals surface area contributed by atoms with Gasteiger partial charge in [0.25, 0.3) is 0 Å². The van der Waals surface area contributed by atoms with Gasteiger partial charge in [-0.15, -0.1) is 11.8 Å². The Kier molecular flexibility index (Phi) is 3.80. The monoisotopic (exact) mass is 302 g/mol. The van der Waals surface area contributed by atoms with Gasteiger partial charge < -0.3 is 5.32 Å². The van der Waals surface area contributed by atoms with Crippen LogP contribution in [-0.4, -0.2) is 5.75 Å². The lowest BCUT2D eigenvalue weighted by Crippen LogP contribution is -2.17. The van der Waals surface area contributed by atoms with Gasteiger partial charge in [0.2, 0.25) is 0 Å². The van der Waals surface area contributed by atoms with Crippen LogP contribution in [0.5, 0.6) is 0 Å². The maximum absolute atomic E-state index is 13.8. The smallest absolute Gasteiger partial charge is 0.141 e. The third kappa shape index (κ3) is 2.72.